The fourth-order valence-corrected chi connectivity index (χ4v) is 3.17. The van der Waals surface area contributed by atoms with Crippen molar-refractivity contribution < 1.29 is 19.8 Å². The number of carboxylic acids is 1. The minimum atomic E-state index is -1.07. The lowest BCUT2D eigenvalue weighted by molar-refractivity contribution is -0.141. The summed E-state index contributed by atoms with van der Waals surface area (Å²) in [7, 11) is 0. The first-order valence-corrected chi connectivity index (χ1v) is 7.78. The summed E-state index contributed by atoms with van der Waals surface area (Å²) in [6.45, 7) is 4.32. The lowest BCUT2D eigenvalue weighted by Gasteiger charge is -2.32. The van der Waals surface area contributed by atoms with Crippen molar-refractivity contribution in [3.8, 4) is 0 Å². The molecular weight excluding hydrogens is 292 g/mol. The second kappa shape index (κ2) is 6.44. The van der Waals surface area contributed by atoms with E-state index in [-0.39, 0.29) is 25.0 Å². The van der Waals surface area contributed by atoms with Crippen molar-refractivity contribution in [3.05, 3.63) is 22.4 Å². The van der Waals surface area contributed by atoms with E-state index in [1.54, 1.807) is 16.2 Å². The van der Waals surface area contributed by atoms with Gasteiger partial charge < -0.3 is 20.0 Å². The highest BCUT2D eigenvalue weighted by atomic mass is 32.1. The summed E-state index contributed by atoms with van der Waals surface area (Å²) >= 11 is 1.56. The van der Waals surface area contributed by atoms with E-state index in [0.29, 0.717) is 6.54 Å². The number of carboxylic acid groups (broad SMARTS) is 1. The van der Waals surface area contributed by atoms with Gasteiger partial charge in [0.05, 0.1) is 12.6 Å². The minimum absolute atomic E-state index is 0.0493. The highest BCUT2D eigenvalue weighted by molar-refractivity contribution is 7.09. The van der Waals surface area contributed by atoms with Gasteiger partial charge in [-0.05, 0) is 25.3 Å². The van der Waals surface area contributed by atoms with Crippen LogP contribution in [0, 0.1) is 0 Å². The molecule has 1 fully saturated rings. The van der Waals surface area contributed by atoms with Gasteiger partial charge in [-0.2, -0.15) is 0 Å². The molecule has 6 nitrogen and oxygen atoms in total. The summed E-state index contributed by atoms with van der Waals surface area (Å²) in [5.41, 5.74) is 0. The molecule has 0 aliphatic carbocycles. The molecule has 2 heterocycles. The van der Waals surface area contributed by atoms with Crippen molar-refractivity contribution in [2.24, 2.45) is 0 Å². The Hall–Kier alpha value is -1.60. The van der Waals surface area contributed by atoms with Crippen molar-refractivity contribution in [1.82, 2.24) is 9.80 Å². The number of hydrogen-bond acceptors (Lipinski definition) is 4. The molecule has 2 N–H and O–H groups in total. The summed E-state index contributed by atoms with van der Waals surface area (Å²) in [4.78, 5) is 27.9. The Labute approximate surface area is 127 Å². The van der Waals surface area contributed by atoms with Gasteiger partial charge in [0.2, 0.25) is 0 Å². The number of urea groups is 1. The van der Waals surface area contributed by atoms with E-state index in [1.165, 1.54) is 4.90 Å². The van der Waals surface area contributed by atoms with Crippen LogP contribution in [-0.2, 0) is 11.3 Å². The van der Waals surface area contributed by atoms with Crippen LogP contribution in [0.5, 0.6) is 0 Å². The first-order chi connectivity index (χ1) is 9.90. The molecule has 0 aromatic carbocycles. The van der Waals surface area contributed by atoms with Gasteiger partial charge in [0.25, 0.3) is 0 Å². The number of thiophene rings is 1. The monoisotopic (exact) mass is 312 g/mol. The third kappa shape index (κ3) is 3.54. The number of aliphatic hydroxyl groups is 1. The molecule has 1 saturated heterocycles. The molecule has 7 heteroatoms. The SMILES string of the molecule is CC(C)N(Cc1cccs1)C(=O)N1CC(O)C[C@H]1C(=O)O. The first-order valence-electron chi connectivity index (χ1n) is 6.90. The molecule has 116 valence electrons. The second-order valence-electron chi connectivity index (χ2n) is 5.48. The van der Waals surface area contributed by atoms with E-state index < -0.39 is 18.1 Å². The average Bonchev–Trinajstić information content (AvgIpc) is 3.03. The maximum atomic E-state index is 12.7. The molecule has 2 rings (SSSR count). The molecule has 0 bridgehead atoms. The van der Waals surface area contributed by atoms with Gasteiger partial charge in [-0.15, -0.1) is 11.3 Å². The third-order valence-electron chi connectivity index (χ3n) is 3.59. The smallest absolute Gasteiger partial charge is 0.326 e. The Kier molecular flexibility index (Phi) is 4.84. The maximum Gasteiger partial charge on any atom is 0.326 e. The van der Waals surface area contributed by atoms with E-state index >= 15 is 0 Å². The largest absolute Gasteiger partial charge is 0.480 e. The van der Waals surface area contributed by atoms with Gasteiger partial charge in [0, 0.05) is 23.9 Å². The fraction of sp³-hybridized carbons (Fsp3) is 0.571. The van der Waals surface area contributed by atoms with Crippen molar-refractivity contribution in [3.63, 3.8) is 0 Å². The van der Waals surface area contributed by atoms with Crippen LogP contribution in [-0.4, -0.2) is 56.7 Å². The molecule has 1 aromatic heterocycles. The number of carbonyl (C=O) groups is 2. The molecule has 21 heavy (non-hydrogen) atoms. The summed E-state index contributed by atoms with van der Waals surface area (Å²) in [5, 5.41) is 20.8. The molecular formula is C14H20N2O4S. The Balaban J connectivity index is 2.16. The maximum absolute atomic E-state index is 12.7. The Bertz CT molecular complexity index is 503. The summed E-state index contributed by atoms with van der Waals surface area (Å²) < 4.78 is 0. The zero-order valence-electron chi connectivity index (χ0n) is 12.1. The number of aliphatic carboxylic acids is 1. The number of β-amino-alcohol motifs (C(OH)–C–C–N with tert-alkyl or cyclic N) is 1. The summed E-state index contributed by atoms with van der Waals surface area (Å²) in [5.74, 6) is -1.07. The lowest BCUT2D eigenvalue weighted by Crippen LogP contribution is -2.50. The van der Waals surface area contributed by atoms with E-state index in [2.05, 4.69) is 0 Å². The van der Waals surface area contributed by atoms with Crippen LogP contribution in [0.4, 0.5) is 4.79 Å². The summed E-state index contributed by atoms with van der Waals surface area (Å²) in [6.07, 6.45) is -0.683. The predicted octanol–water partition coefficient (Wildman–Crippen LogP) is 1.60. The van der Waals surface area contributed by atoms with Crippen molar-refractivity contribution in [2.45, 2.75) is 45.0 Å². The molecule has 2 amide bonds. The number of aliphatic hydroxyl groups excluding tert-OH is 1. The zero-order chi connectivity index (χ0) is 15.6. The van der Waals surface area contributed by atoms with Gasteiger partial charge in [0.15, 0.2) is 0 Å². The van der Waals surface area contributed by atoms with Crippen molar-refractivity contribution in [1.29, 1.82) is 0 Å². The topological polar surface area (TPSA) is 81.1 Å². The van der Waals surface area contributed by atoms with Gasteiger partial charge in [0.1, 0.15) is 6.04 Å². The summed E-state index contributed by atoms with van der Waals surface area (Å²) in [6, 6.07) is 2.54. The van der Waals surface area contributed by atoms with Gasteiger partial charge in [-0.25, -0.2) is 9.59 Å². The van der Waals surface area contributed by atoms with Crippen molar-refractivity contribution in [2.75, 3.05) is 6.54 Å². The zero-order valence-corrected chi connectivity index (χ0v) is 12.9. The highest BCUT2D eigenvalue weighted by Crippen LogP contribution is 2.23. The van der Waals surface area contributed by atoms with Crippen LogP contribution in [0.25, 0.3) is 0 Å². The predicted molar refractivity (Wildman–Crippen MR) is 79.1 cm³/mol. The molecule has 1 aliphatic rings. The van der Waals surface area contributed by atoms with Crippen LogP contribution in [0.2, 0.25) is 0 Å². The fourth-order valence-electron chi connectivity index (χ4n) is 2.47. The molecule has 0 spiro atoms. The molecule has 2 atom stereocenters. The standard InChI is InChI=1S/C14H20N2O4S/c1-9(2)15(8-11-4-3-5-21-11)14(20)16-7-10(17)6-12(16)13(18)19/h3-5,9-10,12,17H,6-8H2,1-2H3,(H,18,19)/t10?,12-/m0/s1. The van der Waals surface area contributed by atoms with Crippen LogP contribution >= 0.6 is 11.3 Å². The van der Waals surface area contributed by atoms with Crippen molar-refractivity contribution >= 4 is 23.3 Å². The normalized spacial score (nSPS) is 21.8. The lowest BCUT2D eigenvalue weighted by atomic mass is 10.2. The number of nitrogens with zero attached hydrogens (tertiary/aromatic N) is 2. The van der Waals surface area contributed by atoms with Crippen LogP contribution in [0.1, 0.15) is 25.1 Å². The van der Waals surface area contributed by atoms with Crippen LogP contribution in [0.3, 0.4) is 0 Å². The minimum Gasteiger partial charge on any atom is -0.480 e. The van der Waals surface area contributed by atoms with Gasteiger partial charge in [-0.3, -0.25) is 0 Å². The first kappa shape index (κ1) is 15.8. The van der Waals surface area contributed by atoms with E-state index in [4.69, 9.17) is 0 Å². The molecule has 0 saturated carbocycles. The third-order valence-corrected chi connectivity index (χ3v) is 4.45. The molecule has 1 aliphatic heterocycles. The van der Waals surface area contributed by atoms with Crippen LogP contribution in [0.15, 0.2) is 17.5 Å². The quantitative estimate of drug-likeness (QED) is 0.885. The highest BCUT2D eigenvalue weighted by Gasteiger charge is 2.41. The molecule has 1 unspecified atom stereocenters. The number of hydrogen-bond donors (Lipinski definition) is 2. The second-order valence-corrected chi connectivity index (χ2v) is 6.51. The molecule has 0 radical (unpaired) electrons. The van der Waals surface area contributed by atoms with E-state index in [9.17, 15) is 19.8 Å². The van der Waals surface area contributed by atoms with Crippen LogP contribution < -0.4 is 0 Å². The Morgan fingerprint density at radius 1 is 1.52 bits per heavy atom. The van der Waals surface area contributed by atoms with Gasteiger partial charge >= 0.3 is 12.0 Å². The Morgan fingerprint density at radius 3 is 2.76 bits per heavy atom. The van der Waals surface area contributed by atoms with E-state index in [1.807, 2.05) is 31.4 Å². The number of carbonyl (C=O) groups excluding carboxylic acids is 1. The average molecular weight is 312 g/mol. The van der Waals surface area contributed by atoms with Gasteiger partial charge in [-0.1, -0.05) is 6.07 Å². The Morgan fingerprint density at radius 2 is 2.24 bits per heavy atom. The molecule has 1 aromatic rings. The van der Waals surface area contributed by atoms with E-state index in [0.717, 1.165) is 4.88 Å². The number of amides is 2. The number of rotatable bonds is 4. The number of likely N-dealkylation sites (tertiary alicyclic amines) is 1.